The third-order valence-electron chi connectivity index (χ3n) is 5.22. The van der Waals surface area contributed by atoms with E-state index in [1.165, 1.54) is 4.90 Å². The van der Waals surface area contributed by atoms with Crippen LogP contribution in [0, 0.1) is 13.8 Å². The lowest BCUT2D eigenvalue weighted by Crippen LogP contribution is -2.54. The molecule has 0 saturated heterocycles. The van der Waals surface area contributed by atoms with E-state index < -0.39 is 48.1 Å². The summed E-state index contributed by atoms with van der Waals surface area (Å²) < 4.78 is 5.28. The van der Waals surface area contributed by atoms with Gasteiger partial charge < -0.3 is 31.1 Å². The maximum atomic E-state index is 13.8. The van der Waals surface area contributed by atoms with Crippen molar-refractivity contribution in [2.75, 3.05) is 13.2 Å². The van der Waals surface area contributed by atoms with Crippen molar-refractivity contribution in [2.45, 2.75) is 85.0 Å². The number of aryl methyl sites for hydroxylation is 1. The van der Waals surface area contributed by atoms with Crippen molar-refractivity contribution in [3.8, 4) is 0 Å². The van der Waals surface area contributed by atoms with E-state index in [0.29, 0.717) is 5.56 Å². The van der Waals surface area contributed by atoms with Gasteiger partial charge in [0.1, 0.15) is 17.7 Å². The zero-order valence-corrected chi connectivity index (χ0v) is 21.8. The minimum absolute atomic E-state index is 0.0966. The van der Waals surface area contributed by atoms with Gasteiger partial charge in [-0.3, -0.25) is 14.4 Å². The van der Waals surface area contributed by atoms with Crippen molar-refractivity contribution in [3.63, 3.8) is 0 Å². The lowest BCUT2D eigenvalue weighted by molar-refractivity contribution is -0.143. The second-order valence-corrected chi connectivity index (χ2v) is 9.81. The van der Waals surface area contributed by atoms with Gasteiger partial charge in [0, 0.05) is 19.0 Å². The Balaban J connectivity index is 3.51. The predicted molar refractivity (Wildman–Crippen MR) is 132 cm³/mol. The standard InChI is InChI=1S/C25H40N4O6/c1-15(2)27-22(32)21(18-10-8-9-16(3)17(18)4)29(13-14-30)23(33)19(11-12-20(26)31)28-24(34)35-25(5,6)7/h8-10,15,19,21,30H,11-14H2,1-7H3,(H2,26,31)(H,27,32)(H,28,34). The van der Waals surface area contributed by atoms with Gasteiger partial charge in [0.15, 0.2) is 0 Å². The lowest BCUT2D eigenvalue weighted by atomic mass is 9.94. The van der Waals surface area contributed by atoms with Crippen LogP contribution in [0.25, 0.3) is 0 Å². The number of rotatable bonds is 11. The first-order chi connectivity index (χ1) is 16.2. The highest BCUT2D eigenvalue weighted by molar-refractivity contribution is 5.92. The van der Waals surface area contributed by atoms with Gasteiger partial charge in [-0.2, -0.15) is 0 Å². The molecule has 196 valence electrons. The minimum atomic E-state index is -1.21. The molecular formula is C25H40N4O6. The molecule has 1 aromatic rings. The van der Waals surface area contributed by atoms with Crippen LogP contribution in [0.2, 0.25) is 0 Å². The molecule has 0 radical (unpaired) electrons. The summed E-state index contributed by atoms with van der Waals surface area (Å²) in [5.41, 5.74) is 6.81. The Morgan fingerprint density at radius 1 is 1.11 bits per heavy atom. The van der Waals surface area contributed by atoms with Gasteiger partial charge >= 0.3 is 6.09 Å². The summed E-state index contributed by atoms with van der Waals surface area (Å²) in [5, 5.41) is 15.1. The quantitative estimate of drug-likeness (QED) is 0.370. The zero-order valence-electron chi connectivity index (χ0n) is 21.8. The molecule has 1 aromatic carbocycles. The molecule has 0 spiro atoms. The second kappa shape index (κ2) is 13.1. The fraction of sp³-hybridized carbons (Fsp3) is 0.600. The predicted octanol–water partition coefficient (Wildman–Crippen LogP) is 1.85. The van der Waals surface area contributed by atoms with Crippen LogP contribution in [0.5, 0.6) is 0 Å². The van der Waals surface area contributed by atoms with Crippen molar-refractivity contribution in [2.24, 2.45) is 5.73 Å². The molecule has 0 bridgehead atoms. The third-order valence-corrected chi connectivity index (χ3v) is 5.22. The number of ether oxygens (including phenoxy) is 1. The molecule has 35 heavy (non-hydrogen) atoms. The number of hydrogen-bond acceptors (Lipinski definition) is 6. The molecule has 1 rings (SSSR count). The topological polar surface area (TPSA) is 151 Å². The first kappa shape index (κ1) is 29.9. The van der Waals surface area contributed by atoms with Crippen molar-refractivity contribution in [1.29, 1.82) is 0 Å². The van der Waals surface area contributed by atoms with Gasteiger partial charge in [-0.1, -0.05) is 18.2 Å². The van der Waals surface area contributed by atoms with Gasteiger partial charge in [0.05, 0.1) is 6.61 Å². The monoisotopic (exact) mass is 492 g/mol. The van der Waals surface area contributed by atoms with Gasteiger partial charge in [-0.05, 0) is 71.6 Å². The van der Waals surface area contributed by atoms with Crippen LogP contribution in [-0.2, 0) is 19.1 Å². The number of aliphatic hydroxyl groups is 1. The number of hydrogen-bond donors (Lipinski definition) is 4. The molecule has 2 unspecified atom stereocenters. The first-order valence-corrected chi connectivity index (χ1v) is 11.7. The van der Waals surface area contributed by atoms with E-state index >= 15 is 0 Å². The van der Waals surface area contributed by atoms with Crippen LogP contribution in [0.1, 0.15) is 70.2 Å². The van der Waals surface area contributed by atoms with E-state index in [1.54, 1.807) is 46.8 Å². The number of nitrogens with one attached hydrogen (secondary N) is 2. The van der Waals surface area contributed by atoms with Crippen molar-refractivity contribution < 1.29 is 29.0 Å². The maximum Gasteiger partial charge on any atom is 0.408 e. The molecule has 0 aliphatic carbocycles. The van der Waals surface area contributed by atoms with Crippen molar-refractivity contribution in [1.82, 2.24) is 15.5 Å². The third kappa shape index (κ3) is 9.56. The van der Waals surface area contributed by atoms with E-state index in [-0.39, 0.29) is 25.4 Å². The number of nitrogens with two attached hydrogens (primary N) is 1. The normalized spacial score (nSPS) is 13.1. The van der Waals surface area contributed by atoms with Crippen LogP contribution in [0.15, 0.2) is 18.2 Å². The van der Waals surface area contributed by atoms with Crippen molar-refractivity contribution in [3.05, 3.63) is 34.9 Å². The first-order valence-electron chi connectivity index (χ1n) is 11.7. The Bertz CT molecular complexity index is 910. The molecule has 0 saturated carbocycles. The summed E-state index contributed by atoms with van der Waals surface area (Å²) in [4.78, 5) is 52.3. The number of amides is 4. The highest BCUT2D eigenvalue weighted by atomic mass is 16.6. The Kier molecular flexibility index (Phi) is 11.2. The van der Waals surface area contributed by atoms with E-state index in [2.05, 4.69) is 10.6 Å². The number of carbonyl (C=O) groups is 4. The van der Waals surface area contributed by atoms with Gasteiger partial charge in [0.25, 0.3) is 0 Å². The smallest absolute Gasteiger partial charge is 0.408 e. The van der Waals surface area contributed by atoms with E-state index in [9.17, 15) is 24.3 Å². The fourth-order valence-electron chi connectivity index (χ4n) is 3.55. The van der Waals surface area contributed by atoms with E-state index in [0.717, 1.165) is 11.1 Å². The van der Waals surface area contributed by atoms with Crippen LogP contribution >= 0.6 is 0 Å². The van der Waals surface area contributed by atoms with Crippen LogP contribution in [0.3, 0.4) is 0 Å². The maximum absolute atomic E-state index is 13.8. The minimum Gasteiger partial charge on any atom is -0.444 e. The lowest BCUT2D eigenvalue weighted by Gasteiger charge is -2.35. The Morgan fingerprint density at radius 3 is 2.26 bits per heavy atom. The SMILES string of the molecule is Cc1cccc(C(C(=O)NC(C)C)N(CCO)C(=O)C(CCC(N)=O)NC(=O)OC(C)(C)C)c1C. The Hall–Kier alpha value is -3.14. The molecule has 0 heterocycles. The van der Waals surface area contributed by atoms with E-state index in [4.69, 9.17) is 10.5 Å². The average Bonchev–Trinajstić information content (AvgIpc) is 2.71. The summed E-state index contributed by atoms with van der Waals surface area (Å²) in [6.45, 7) is 11.8. The molecule has 10 nitrogen and oxygen atoms in total. The fourth-order valence-corrected chi connectivity index (χ4v) is 3.55. The number of alkyl carbamates (subject to hydrolysis) is 1. The number of nitrogens with zero attached hydrogens (tertiary/aromatic N) is 1. The molecular weight excluding hydrogens is 452 g/mol. The molecule has 0 fully saturated rings. The summed E-state index contributed by atoms with van der Waals surface area (Å²) in [5.74, 6) is -1.72. The van der Waals surface area contributed by atoms with E-state index in [1.807, 2.05) is 19.9 Å². The molecule has 0 aromatic heterocycles. The Labute approximate surface area is 207 Å². The zero-order chi connectivity index (χ0) is 26.9. The van der Waals surface area contributed by atoms with Crippen molar-refractivity contribution >= 4 is 23.8 Å². The summed E-state index contributed by atoms with van der Waals surface area (Å²) in [7, 11) is 0. The summed E-state index contributed by atoms with van der Waals surface area (Å²) in [6, 6.07) is 2.96. The molecule has 0 aliphatic rings. The van der Waals surface area contributed by atoms with Crippen LogP contribution < -0.4 is 16.4 Å². The number of primary amides is 1. The molecule has 5 N–H and O–H groups in total. The number of benzene rings is 1. The average molecular weight is 493 g/mol. The van der Waals surface area contributed by atoms with Gasteiger partial charge in [-0.15, -0.1) is 0 Å². The molecule has 2 atom stereocenters. The summed E-state index contributed by atoms with van der Waals surface area (Å²) >= 11 is 0. The molecule has 4 amide bonds. The van der Waals surface area contributed by atoms with Crippen LogP contribution in [-0.4, -0.2) is 64.7 Å². The summed E-state index contributed by atoms with van der Waals surface area (Å²) in [6.07, 6.45) is -1.12. The number of carbonyl (C=O) groups excluding carboxylic acids is 4. The number of aliphatic hydroxyl groups excluding tert-OH is 1. The highest BCUT2D eigenvalue weighted by Gasteiger charge is 2.37. The largest absolute Gasteiger partial charge is 0.444 e. The molecule has 10 heteroatoms. The van der Waals surface area contributed by atoms with Gasteiger partial charge in [0.2, 0.25) is 17.7 Å². The molecule has 0 aliphatic heterocycles. The second-order valence-electron chi connectivity index (χ2n) is 9.81. The van der Waals surface area contributed by atoms with Crippen LogP contribution in [0.4, 0.5) is 4.79 Å². The Morgan fingerprint density at radius 2 is 1.74 bits per heavy atom. The highest BCUT2D eigenvalue weighted by Crippen LogP contribution is 2.27. The van der Waals surface area contributed by atoms with Gasteiger partial charge in [-0.25, -0.2) is 4.79 Å².